The van der Waals surface area contributed by atoms with Crippen LogP contribution in [0.2, 0.25) is 5.02 Å². The molecule has 3 nitrogen and oxygen atoms in total. The van der Waals surface area contributed by atoms with Gasteiger partial charge in [0.1, 0.15) is 0 Å². The third kappa shape index (κ3) is 3.08. The highest BCUT2D eigenvalue weighted by atomic mass is 35.5. The number of hydrogen-bond donors (Lipinski definition) is 1. The molecule has 0 aliphatic carbocycles. The lowest BCUT2D eigenvalue weighted by molar-refractivity contribution is -0.137. The Morgan fingerprint density at radius 1 is 1.21 bits per heavy atom. The number of nitrogens with two attached hydrogens (primary N) is 1. The zero-order valence-electron chi connectivity index (χ0n) is 9.53. The Hall–Kier alpha value is -1.95. The summed E-state index contributed by atoms with van der Waals surface area (Å²) in [7, 11) is 0. The monoisotopic (exact) mass is 287 g/mol. The third-order valence-corrected chi connectivity index (χ3v) is 2.70. The van der Waals surface area contributed by atoms with E-state index >= 15 is 0 Å². The first-order valence-corrected chi connectivity index (χ1v) is 5.60. The summed E-state index contributed by atoms with van der Waals surface area (Å²) in [6, 6.07) is 6.34. The standard InChI is InChI=1S/C12H9ClF3N3/c13-9-4-3-8(12(14,15)16)7-10(9)18-11(17)19-5-1-2-6-19/h1-7H,(H2,17,18). The van der Waals surface area contributed by atoms with Crippen molar-refractivity contribution in [3.8, 4) is 0 Å². The molecule has 19 heavy (non-hydrogen) atoms. The fraction of sp³-hybridized carbons (Fsp3) is 0.0833. The molecule has 7 heteroatoms. The molecule has 1 aromatic carbocycles. The van der Waals surface area contributed by atoms with Crippen molar-refractivity contribution in [1.82, 2.24) is 4.57 Å². The minimum Gasteiger partial charge on any atom is -0.369 e. The fourth-order valence-corrected chi connectivity index (χ4v) is 1.60. The van der Waals surface area contributed by atoms with Crippen molar-refractivity contribution in [2.24, 2.45) is 10.7 Å². The third-order valence-electron chi connectivity index (χ3n) is 2.38. The minimum atomic E-state index is -4.45. The molecule has 0 spiro atoms. The maximum atomic E-state index is 12.6. The Kier molecular flexibility index (Phi) is 3.53. The minimum absolute atomic E-state index is 0.0253. The molecular formula is C12H9ClF3N3. The van der Waals surface area contributed by atoms with Crippen LogP contribution >= 0.6 is 11.6 Å². The van der Waals surface area contributed by atoms with Gasteiger partial charge in [0.05, 0.1) is 16.3 Å². The van der Waals surface area contributed by atoms with Crippen LogP contribution in [-0.2, 0) is 6.18 Å². The van der Waals surface area contributed by atoms with E-state index in [0.29, 0.717) is 0 Å². The van der Waals surface area contributed by atoms with E-state index in [2.05, 4.69) is 4.99 Å². The van der Waals surface area contributed by atoms with E-state index in [9.17, 15) is 13.2 Å². The van der Waals surface area contributed by atoms with E-state index in [1.54, 1.807) is 24.5 Å². The number of aromatic nitrogens is 1. The highest BCUT2D eigenvalue weighted by Gasteiger charge is 2.30. The molecule has 2 rings (SSSR count). The van der Waals surface area contributed by atoms with Crippen molar-refractivity contribution in [2.45, 2.75) is 6.18 Å². The van der Waals surface area contributed by atoms with Crippen LogP contribution in [0, 0.1) is 0 Å². The van der Waals surface area contributed by atoms with E-state index in [1.807, 2.05) is 0 Å². The summed E-state index contributed by atoms with van der Waals surface area (Å²) in [5, 5.41) is 0.100. The summed E-state index contributed by atoms with van der Waals surface area (Å²) in [6.07, 6.45) is -1.20. The molecule has 0 bridgehead atoms. The molecule has 2 N–H and O–H groups in total. The molecule has 0 atom stereocenters. The molecule has 100 valence electrons. The Balaban J connectivity index is 2.42. The first-order chi connectivity index (χ1) is 8.88. The van der Waals surface area contributed by atoms with Crippen molar-refractivity contribution >= 4 is 23.2 Å². The van der Waals surface area contributed by atoms with Gasteiger partial charge in [0.15, 0.2) is 0 Å². The van der Waals surface area contributed by atoms with Gasteiger partial charge in [0.25, 0.3) is 0 Å². The average molecular weight is 288 g/mol. The van der Waals surface area contributed by atoms with Crippen LogP contribution in [0.4, 0.5) is 18.9 Å². The zero-order chi connectivity index (χ0) is 14.0. The summed E-state index contributed by atoms with van der Waals surface area (Å²) >= 11 is 5.81. The van der Waals surface area contributed by atoms with Gasteiger partial charge in [-0.25, -0.2) is 4.99 Å². The zero-order valence-corrected chi connectivity index (χ0v) is 10.3. The van der Waals surface area contributed by atoms with E-state index < -0.39 is 11.7 Å². The molecule has 1 aromatic heterocycles. The predicted octanol–water partition coefficient (Wildman–Crippen LogP) is 3.65. The second kappa shape index (κ2) is 4.97. The normalized spacial score (nSPS) is 12.7. The smallest absolute Gasteiger partial charge is 0.369 e. The van der Waals surface area contributed by atoms with Gasteiger partial charge in [-0.05, 0) is 30.3 Å². The summed E-state index contributed by atoms with van der Waals surface area (Å²) in [5.74, 6) is 0.0335. The van der Waals surface area contributed by atoms with E-state index in [4.69, 9.17) is 17.3 Å². The lowest BCUT2D eigenvalue weighted by Gasteiger charge is -2.09. The molecule has 0 saturated heterocycles. The number of nitrogens with zero attached hydrogens (tertiary/aromatic N) is 2. The van der Waals surface area contributed by atoms with Gasteiger partial charge < -0.3 is 5.73 Å². The second-order valence-corrected chi connectivity index (χ2v) is 4.13. The Bertz CT molecular complexity index is 603. The average Bonchev–Trinajstić information content (AvgIpc) is 2.84. The highest BCUT2D eigenvalue weighted by Crippen LogP contribution is 2.34. The molecule has 0 saturated carbocycles. The molecule has 0 unspecified atom stereocenters. The maximum Gasteiger partial charge on any atom is 0.416 e. The lowest BCUT2D eigenvalue weighted by Crippen LogP contribution is -2.20. The number of halogens is 4. The van der Waals surface area contributed by atoms with Crippen LogP contribution in [-0.4, -0.2) is 10.5 Å². The van der Waals surface area contributed by atoms with Gasteiger partial charge in [0, 0.05) is 12.4 Å². The number of benzene rings is 1. The van der Waals surface area contributed by atoms with Gasteiger partial charge >= 0.3 is 6.18 Å². The fourth-order valence-electron chi connectivity index (χ4n) is 1.44. The molecule has 2 aromatic rings. The van der Waals surface area contributed by atoms with Crippen LogP contribution in [0.5, 0.6) is 0 Å². The van der Waals surface area contributed by atoms with Crippen molar-refractivity contribution in [1.29, 1.82) is 0 Å². The van der Waals surface area contributed by atoms with Gasteiger partial charge in [0.2, 0.25) is 5.96 Å². The molecule has 1 heterocycles. The molecular weight excluding hydrogens is 279 g/mol. The SMILES string of the molecule is NC(=Nc1cc(C(F)(F)F)ccc1Cl)n1cccc1. The van der Waals surface area contributed by atoms with Crippen LogP contribution in [0.25, 0.3) is 0 Å². The number of rotatable bonds is 1. The van der Waals surface area contributed by atoms with Gasteiger partial charge in [-0.1, -0.05) is 11.6 Å². The molecule has 0 aliphatic heterocycles. The highest BCUT2D eigenvalue weighted by molar-refractivity contribution is 6.33. The van der Waals surface area contributed by atoms with Crippen LogP contribution in [0.15, 0.2) is 47.7 Å². The van der Waals surface area contributed by atoms with Gasteiger partial charge in [-0.3, -0.25) is 4.57 Å². The summed E-state index contributed by atoms with van der Waals surface area (Å²) < 4.78 is 39.2. The molecule has 0 radical (unpaired) electrons. The van der Waals surface area contributed by atoms with Crippen molar-refractivity contribution in [2.75, 3.05) is 0 Å². The van der Waals surface area contributed by atoms with E-state index in [-0.39, 0.29) is 16.7 Å². The van der Waals surface area contributed by atoms with Crippen molar-refractivity contribution in [3.63, 3.8) is 0 Å². The van der Waals surface area contributed by atoms with E-state index in [0.717, 1.165) is 18.2 Å². The van der Waals surface area contributed by atoms with Crippen LogP contribution < -0.4 is 5.73 Å². The first kappa shape index (κ1) is 13.5. The number of aliphatic imine (C=N–C) groups is 1. The first-order valence-electron chi connectivity index (χ1n) is 5.22. The molecule has 0 fully saturated rings. The Morgan fingerprint density at radius 3 is 2.42 bits per heavy atom. The summed E-state index contributed by atoms with van der Waals surface area (Å²) in [6.45, 7) is 0. The van der Waals surface area contributed by atoms with Crippen molar-refractivity contribution < 1.29 is 13.2 Å². The second-order valence-electron chi connectivity index (χ2n) is 3.72. The molecule has 0 amide bonds. The number of alkyl halides is 3. The van der Waals surface area contributed by atoms with E-state index in [1.165, 1.54) is 4.57 Å². The van der Waals surface area contributed by atoms with Gasteiger partial charge in [-0.2, -0.15) is 13.2 Å². The van der Waals surface area contributed by atoms with Gasteiger partial charge in [-0.15, -0.1) is 0 Å². The Labute approximate surface area is 112 Å². The van der Waals surface area contributed by atoms with Crippen LogP contribution in [0.3, 0.4) is 0 Å². The lowest BCUT2D eigenvalue weighted by atomic mass is 10.2. The summed E-state index contributed by atoms with van der Waals surface area (Å²) in [4.78, 5) is 3.90. The van der Waals surface area contributed by atoms with Crippen LogP contribution in [0.1, 0.15) is 5.56 Å². The number of hydrogen-bond acceptors (Lipinski definition) is 1. The summed E-state index contributed by atoms with van der Waals surface area (Å²) in [5.41, 5.74) is 4.82. The maximum absolute atomic E-state index is 12.6. The Morgan fingerprint density at radius 2 is 1.84 bits per heavy atom. The predicted molar refractivity (Wildman–Crippen MR) is 67.6 cm³/mol. The molecule has 0 aliphatic rings. The van der Waals surface area contributed by atoms with Crippen molar-refractivity contribution in [3.05, 3.63) is 53.3 Å². The quantitative estimate of drug-likeness (QED) is 0.631. The topological polar surface area (TPSA) is 43.3 Å². The largest absolute Gasteiger partial charge is 0.416 e.